The van der Waals surface area contributed by atoms with Gasteiger partial charge in [0.05, 0.1) is 11.7 Å². The van der Waals surface area contributed by atoms with Crippen molar-refractivity contribution in [2.75, 3.05) is 0 Å². The van der Waals surface area contributed by atoms with Crippen molar-refractivity contribution in [2.45, 2.75) is 68.9 Å². The number of hydrogen-bond donors (Lipinski definition) is 1. The highest BCUT2D eigenvalue weighted by molar-refractivity contribution is 7.99. The van der Waals surface area contributed by atoms with Gasteiger partial charge in [-0.3, -0.25) is 0 Å². The van der Waals surface area contributed by atoms with Gasteiger partial charge in [-0.25, -0.2) is 0 Å². The molecule has 1 aromatic rings. The Morgan fingerprint density at radius 1 is 1.33 bits per heavy atom. The fourth-order valence-corrected chi connectivity index (χ4v) is 3.33. The van der Waals surface area contributed by atoms with Gasteiger partial charge in [-0.15, -0.1) is 0 Å². The first-order chi connectivity index (χ1) is 8.66. The van der Waals surface area contributed by atoms with E-state index in [0.717, 1.165) is 16.8 Å². The number of nitrogens with zero attached hydrogens (tertiary/aromatic N) is 2. The van der Waals surface area contributed by atoms with Crippen LogP contribution in [0.4, 0.5) is 0 Å². The first kappa shape index (κ1) is 13.9. The second-order valence-electron chi connectivity index (χ2n) is 5.27. The third-order valence-corrected chi connectivity index (χ3v) is 5.03. The minimum Gasteiger partial charge on any atom is -0.339 e. The number of hydrogen-bond acceptors (Lipinski definition) is 5. The van der Waals surface area contributed by atoms with Gasteiger partial charge in [-0.1, -0.05) is 31.3 Å². The molecule has 1 fully saturated rings. The molecule has 2 unspecified atom stereocenters. The summed E-state index contributed by atoms with van der Waals surface area (Å²) in [4.78, 5) is 4.44. The van der Waals surface area contributed by atoms with Gasteiger partial charge in [0, 0.05) is 11.3 Å². The molecule has 1 heterocycles. The molecule has 1 aromatic heterocycles. The summed E-state index contributed by atoms with van der Waals surface area (Å²) in [7, 11) is 0. The van der Waals surface area contributed by atoms with Crippen LogP contribution in [0, 0.1) is 0 Å². The maximum atomic E-state index is 5.84. The Hall–Kier alpha value is -0.550. The summed E-state index contributed by atoms with van der Waals surface area (Å²) in [5.74, 6) is 2.48. The summed E-state index contributed by atoms with van der Waals surface area (Å²) in [5.41, 5.74) is 5.84. The number of aromatic nitrogens is 2. The molecule has 0 amide bonds. The fourth-order valence-electron chi connectivity index (χ4n) is 2.16. The monoisotopic (exact) mass is 269 g/mol. The van der Waals surface area contributed by atoms with Crippen molar-refractivity contribution >= 4 is 11.8 Å². The van der Waals surface area contributed by atoms with Crippen molar-refractivity contribution in [3.63, 3.8) is 0 Å². The molecule has 18 heavy (non-hydrogen) atoms. The largest absolute Gasteiger partial charge is 0.339 e. The number of thioether (sulfide) groups is 1. The molecule has 0 bridgehead atoms. The summed E-state index contributed by atoms with van der Waals surface area (Å²) >= 11 is 1.97. The molecule has 1 saturated carbocycles. The molecule has 1 aliphatic rings. The molecule has 5 heteroatoms. The predicted molar refractivity (Wildman–Crippen MR) is 74.5 cm³/mol. The molecule has 2 atom stereocenters. The normalized spacial score (nSPS) is 20.8. The van der Waals surface area contributed by atoms with E-state index in [1.165, 1.54) is 32.1 Å². The van der Waals surface area contributed by atoms with Crippen LogP contribution in [0.2, 0.25) is 0 Å². The average molecular weight is 269 g/mol. The smallest absolute Gasteiger partial charge is 0.231 e. The molecular formula is C13H23N3OS. The second kappa shape index (κ2) is 6.57. The van der Waals surface area contributed by atoms with Crippen LogP contribution in [0.1, 0.15) is 63.6 Å². The van der Waals surface area contributed by atoms with Crippen LogP contribution in [0.15, 0.2) is 4.52 Å². The van der Waals surface area contributed by atoms with E-state index in [1.54, 1.807) is 0 Å². The average Bonchev–Trinajstić information content (AvgIpc) is 2.85. The van der Waals surface area contributed by atoms with Crippen molar-refractivity contribution in [3.8, 4) is 0 Å². The van der Waals surface area contributed by atoms with Gasteiger partial charge in [0.25, 0.3) is 0 Å². The summed E-state index contributed by atoms with van der Waals surface area (Å²) in [6.45, 7) is 3.99. The fraction of sp³-hybridized carbons (Fsp3) is 0.846. The van der Waals surface area contributed by atoms with Crippen LogP contribution in [-0.4, -0.2) is 21.4 Å². The lowest BCUT2D eigenvalue weighted by Crippen LogP contribution is -2.22. The standard InChI is InChI=1S/C13H23N3OS/c1-9(10(2)14)13-15-12(16-17-13)8-18-11-6-4-3-5-7-11/h9-11H,3-8,14H2,1-2H3. The summed E-state index contributed by atoms with van der Waals surface area (Å²) in [6.07, 6.45) is 6.82. The molecule has 0 spiro atoms. The highest BCUT2D eigenvalue weighted by Crippen LogP contribution is 2.30. The second-order valence-corrected chi connectivity index (χ2v) is 6.56. The van der Waals surface area contributed by atoms with Crippen LogP contribution in [0.5, 0.6) is 0 Å². The number of rotatable bonds is 5. The summed E-state index contributed by atoms with van der Waals surface area (Å²) < 4.78 is 5.27. The third-order valence-electron chi connectivity index (χ3n) is 3.66. The van der Waals surface area contributed by atoms with Gasteiger partial charge in [-0.2, -0.15) is 16.7 Å². The molecule has 0 saturated heterocycles. The Balaban J connectivity index is 1.82. The maximum absolute atomic E-state index is 5.84. The van der Waals surface area contributed by atoms with Crippen molar-refractivity contribution in [2.24, 2.45) is 5.73 Å². The zero-order valence-electron chi connectivity index (χ0n) is 11.3. The van der Waals surface area contributed by atoms with E-state index < -0.39 is 0 Å². The zero-order valence-corrected chi connectivity index (χ0v) is 12.1. The molecule has 2 N–H and O–H groups in total. The van der Waals surface area contributed by atoms with Gasteiger partial charge in [0.1, 0.15) is 0 Å². The highest BCUT2D eigenvalue weighted by Gasteiger charge is 2.19. The third kappa shape index (κ3) is 3.72. The molecule has 1 aliphatic carbocycles. The Kier molecular flexibility index (Phi) is 5.06. The lowest BCUT2D eigenvalue weighted by Gasteiger charge is -2.20. The van der Waals surface area contributed by atoms with Crippen molar-refractivity contribution in [3.05, 3.63) is 11.7 Å². The lowest BCUT2D eigenvalue weighted by atomic mass is 10.0. The molecule has 2 rings (SSSR count). The van der Waals surface area contributed by atoms with Crippen LogP contribution in [-0.2, 0) is 5.75 Å². The van der Waals surface area contributed by atoms with Crippen molar-refractivity contribution in [1.82, 2.24) is 10.1 Å². The Bertz CT molecular complexity index is 361. The van der Waals surface area contributed by atoms with Gasteiger partial charge in [0.15, 0.2) is 5.82 Å². The molecular weight excluding hydrogens is 246 g/mol. The molecule has 0 radical (unpaired) electrons. The summed E-state index contributed by atoms with van der Waals surface area (Å²) in [6, 6.07) is 0.0456. The van der Waals surface area contributed by atoms with Gasteiger partial charge in [0.2, 0.25) is 5.89 Å². The maximum Gasteiger partial charge on any atom is 0.231 e. The molecule has 4 nitrogen and oxygen atoms in total. The van der Waals surface area contributed by atoms with E-state index in [1.807, 2.05) is 25.6 Å². The molecule has 102 valence electrons. The Morgan fingerprint density at radius 3 is 2.72 bits per heavy atom. The van der Waals surface area contributed by atoms with Gasteiger partial charge < -0.3 is 10.3 Å². The zero-order chi connectivity index (χ0) is 13.0. The predicted octanol–water partition coefficient (Wildman–Crippen LogP) is 3.09. The van der Waals surface area contributed by atoms with Crippen molar-refractivity contribution in [1.29, 1.82) is 0 Å². The quantitative estimate of drug-likeness (QED) is 0.890. The Labute approximate surface area is 113 Å². The van der Waals surface area contributed by atoms with E-state index in [9.17, 15) is 0 Å². The first-order valence-corrected chi connectivity index (χ1v) is 7.91. The van der Waals surface area contributed by atoms with Crippen LogP contribution in [0.3, 0.4) is 0 Å². The van der Waals surface area contributed by atoms with Gasteiger partial charge in [-0.05, 0) is 19.8 Å². The van der Waals surface area contributed by atoms with E-state index in [2.05, 4.69) is 10.1 Å². The van der Waals surface area contributed by atoms with Crippen LogP contribution in [0.25, 0.3) is 0 Å². The van der Waals surface area contributed by atoms with E-state index in [0.29, 0.717) is 5.89 Å². The highest BCUT2D eigenvalue weighted by atomic mass is 32.2. The topological polar surface area (TPSA) is 64.9 Å². The van der Waals surface area contributed by atoms with Gasteiger partial charge >= 0.3 is 0 Å². The van der Waals surface area contributed by atoms with Crippen molar-refractivity contribution < 1.29 is 4.52 Å². The van der Waals surface area contributed by atoms with E-state index in [-0.39, 0.29) is 12.0 Å². The van der Waals surface area contributed by atoms with Crippen LogP contribution < -0.4 is 5.73 Å². The minimum atomic E-state index is 0.0456. The molecule has 0 aliphatic heterocycles. The van der Waals surface area contributed by atoms with Crippen LogP contribution >= 0.6 is 11.8 Å². The number of nitrogens with two attached hydrogens (primary N) is 1. The summed E-state index contributed by atoms with van der Waals surface area (Å²) in [5, 5.41) is 4.83. The minimum absolute atomic E-state index is 0.0456. The Morgan fingerprint density at radius 2 is 2.06 bits per heavy atom. The van der Waals surface area contributed by atoms with E-state index >= 15 is 0 Å². The molecule has 0 aromatic carbocycles. The first-order valence-electron chi connectivity index (χ1n) is 6.86. The van der Waals surface area contributed by atoms with E-state index in [4.69, 9.17) is 10.3 Å². The SMILES string of the molecule is CC(N)C(C)c1nc(CSC2CCCCC2)no1. The lowest BCUT2D eigenvalue weighted by molar-refractivity contribution is 0.344.